The summed E-state index contributed by atoms with van der Waals surface area (Å²) >= 11 is 0. The van der Waals surface area contributed by atoms with Crippen molar-refractivity contribution in [1.29, 1.82) is 0 Å². The normalized spacial score (nSPS) is 19.5. The Morgan fingerprint density at radius 2 is 1.97 bits per heavy atom. The molecule has 3 aromatic heterocycles. The number of halogens is 4. The standard InChI is InChI=1S/C23H20F4N4O4/c1-12(13-4-3-5-14-17(24)10-35-19(13)14)28-20-16-9-31(22(23(25,26)27)6-7-34-11-22)18(32)8-15(16)21(33)30(2)29-20/h3-5,8-10,12H,6-7,11H2,1-2H3,(H,28,29)/t12-,22+/m1/s1. The van der Waals surface area contributed by atoms with Crippen LogP contribution in [-0.4, -0.2) is 33.7 Å². The smallest absolute Gasteiger partial charge is 0.414 e. The molecule has 0 saturated carbocycles. The van der Waals surface area contributed by atoms with E-state index in [2.05, 4.69) is 10.4 Å². The molecule has 1 saturated heterocycles. The van der Waals surface area contributed by atoms with E-state index in [1.807, 2.05) is 0 Å². The fourth-order valence-corrected chi connectivity index (χ4v) is 4.54. The van der Waals surface area contributed by atoms with E-state index in [9.17, 15) is 27.2 Å². The third-order valence-corrected chi connectivity index (χ3v) is 6.48. The number of nitrogens with one attached hydrogen (secondary N) is 1. The van der Waals surface area contributed by atoms with Gasteiger partial charge in [0, 0.05) is 43.3 Å². The Hall–Kier alpha value is -3.67. The Balaban J connectivity index is 1.68. The van der Waals surface area contributed by atoms with Gasteiger partial charge in [0.1, 0.15) is 11.8 Å². The maximum absolute atomic E-state index is 14.1. The lowest BCUT2D eigenvalue weighted by atomic mass is 9.96. The molecule has 0 radical (unpaired) electrons. The maximum atomic E-state index is 14.1. The summed E-state index contributed by atoms with van der Waals surface area (Å²) in [6.07, 6.45) is -3.21. The molecular formula is C23H20F4N4O4. The predicted molar refractivity (Wildman–Crippen MR) is 119 cm³/mol. The minimum absolute atomic E-state index is 0.0351. The molecule has 0 unspecified atom stereocenters. The molecule has 8 nitrogen and oxygen atoms in total. The van der Waals surface area contributed by atoms with Crippen molar-refractivity contribution in [1.82, 2.24) is 14.3 Å². The van der Waals surface area contributed by atoms with Crippen LogP contribution in [0.3, 0.4) is 0 Å². The first-order chi connectivity index (χ1) is 16.5. The lowest BCUT2D eigenvalue weighted by Crippen LogP contribution is -2.52. The number of para-hydroxylation sites is 1. The highest BCUT2D eigenvalue weighted by atomic mass is 19.4. The highest BCUT2D eigenvalue weighted by molar-refractivity contribution is 5.90. The lowest BCUT2D eigenvalue weighted by Gasteiger charge is -2.32. The summed E-state index contributed by atoms with van der Waals surface area (Å²) in [5, 5.41) is 7.50. The van der Waals surface area contributed by atoms with Gasteiger partial charge in [-0.3, -0.25) is 14.2 Å². The minimum Gasteiger partial charge on any atom is -0.461 e. The molecule has 0 bridgehead atoms. The average Bonchev–Trinajstić information content (AvgIpc) is 3.45. The Labute approximate surface area is 194 Å². The van der Waals surface area contributed by atoms with Gasteiger partial charge in [0.05, 0.1) is 23.4 Å². The molecule has 1 aliphatic rings. The monoisotopic (exact) mass is 492 g/mol. The summed E-state index contributed by atoms with van der Waals surface area (Å²) in [6.45, 7) is 0.849. The molecule has 2 atom stereocenters. The van der Waals surface area contributed by atoms with Crippen LogP contribution in [0.5, 0.6) is 0 Å². The van der Waals surface area contributed by atoms with Crippen molar-refractivity contribution in [3.05, 3.63) is 68.8 Å². The summed E-state index contributed by atoms with van der Waals surface area (Å²) in [4.78, 5) is 25.5. The summed E-state index contributed by atoms with van der Waals surface area (Å²) in [5.74, 6) is -0.455. The van der Waals surface area contributed by atoms with E-state index < -0.39 is 47.7 Å². The fourth-order valence-electron chi connectivity index (χ4n) is 4.54. The van der Waals surface area contributed by atoms with E-state index in [0.717, 1.165) is 23.2 Å². The minimum atomic E-state index is -4.77. The second-order valence-corrected chi connectivity index (χ2v) is 8.59. The Bertz CT molecular complexity index is 1560. The number of fused-ring (bicyclic) bond motifs is 2. The van der Waals surface area contributed by atoms with Crippen LogP contribution >= 0.6 is 0 Å². The zero-order chi connectivity index (χ0) is 25.1. The van der Waals surface area contributed by atoms with Gasteiger partial charge in [0.25, 0.3) is 11.1 Å². The average molecular weight is 492 g/mol. The number of aromatic nitrogens is 3. The van der Waals surface area contributed by atoms with Crippen LogP contribution < -0.4 is 16.4 Å². The third-order valence-electron chi connectivity index (χ3n) is 6.48. The number of anilines is 1. The highest BCUT2D eigenvalue weighted by Crippen LogP contribution is 2.42. The topological polar surface area (TPSA) is 91.3 Å². The first-order valence-corrected chi connectivity index (χ1v) is 10.7. The third kappa shape index (κ3) is 3.51. The first kappa shape index (κ1) is 23.1. The van der Waals surface area contributed by atoms with E-state index in [1.54, 1.807) is 25.1 Å². The second-order valence-electron chi connectivity index (χ2n) is 8.59. The van der Waals surface area contributed by atoms with Crippen molar-refractivity contribution in [2.45, 2.75) is 31.1 Å². The van der Waals surface area contributed by atoms with Crippen LogP contribution in [0.2, 0.25) is 0 Å². The fraction of sp³-hybridized carbons (Fsp3) is 0.348. The molecule has 0 aliphatic carbocycles. The Morgan fingerprint density at radius 3 is 2.66 bits per heavy atom. The molecule has 184 valence electrons. The van der Waals surface area contributed by atoms with Crippen molar-refractivity contribution >= 4 is 27.6 Å². The van der Waals surface area contributed by atoms with E-state index in [1.165, 1.54) is 7.05 Å². The molecule has 0 amide bonds. The largest absolute Gasteiger partial charge is 0.461 e. The summed E-state index contributed by atoms with van der Waals surface area (Å²) in [6, 6.07) is 5.25. The Morgan fingerprint density at radius 1 is 1.20 bits per heavy atom. The van der Waals surface area contributed by atoms with Gasteiger partial charge in [-0.15, -0.1) is 0 Å². The summed E-state index contributed by atoms with van der Waals surface area (Å²) in [7, 11) is 1.37. The zero-order valence-electron chi connectivity index (χ0n) is 18.6. The number of ether oxygens (including phenoxy) is 1. The summed E-state index contributed by atoms with van der Waals surface area (Å²) in [5.41, 5.74) is -3.30. The van der Waals surface area contributed by atoms with Gasteiger partial charge in [0.2, 0.25) is 0 Å². The maximum Gasteiger partial charge on any atom is 0.414 e. The molecular weight excluding hydrogens is 472 g/mol. The van der Waals surface area contributed by atoms with Crippen LogP contribution in [-0.2, 0) is 17.3 Å². The van der Waals surface area contributed by atoms with Crippen molar-refractivity contribution < 1.29 is 26.7 Å². The van der Waals surface area contributed by atoms with Crippen molar-refractivity contribution in [2.24, 2.45) is 7.05 Å². The molecule has 1 aromatic carbocycles. The zero-order valence-corrected chi connectivity index (χ0v) is 18.6. The van der Waals surface area contributed by atoms with Crippen molar-refractivity contribution in [3.63, 3.8) is 0 Å². The number of aryl methyl sites for hydroxylation is 1. The van der Waals surface area contributed by atoms with Gasteiger partial charge in [-0.1, -0.05) is 12.1 Å². The van der Waals surface area contributed by atoms with Crippen LogP contribution in [0.4, 0.5) is 23.4 Å². The van der Waals surface area contributed by atoms with Gasteiger partial charge in [0.15, 0.2) is 17.2 Å². The number of hydrogen-bond acceptors (Lipinski definition) is 6. The molecule has 0 spiro atoms. The number of benzene rings is 1. The van der Waals surface area contributed by atoms with Gasteiger partial charge in [-0.05, 0) is 13.0 Å². The Kier molecular flexibility index (Phi) is 5.24. The van der Waals surface area contributed by atoms with E-state index in [0.29, 0.717) is 15.7 Å². The number of furan rings is 1. The molecule has 1 fully saturated rings. The molecule has 4 aromatic rings. The number of pyridine rings is 1. The van der Waals surface area contributed by atoms with Crippen LogP contribution in [0.15, 0.2) is 50.7 Å². The van der Waals surface area contributed by atoms with Gasteiger partial charge >= 0.3 is 6.18 Å². The number of hydrogen-bond donors (Lipinski definition) is 1. The van der Waals surface area contributed by atoms with Crippen LogP contribution in [0.25, 0.3) is 21.7 Å². The number of nitrogens with zero attached hydrogens (tertiary/aromatic N) is 3. The van der Waals surface area contributed by atoms with Gasteiger partial charge in [-0.2, -0.15) is 18.3 Å². The highest BCUT2D eigenvalue weighted by Gasteiger charge is 2.59. The van der Waals surface area contributed by atoms with Gasteiger partial charge < -0.3 is 14.5 Å². The van der Waals surface area contributed by atoms with Crippen LogP contribution in [0, 0.1) is 5.82 Å². The number of alkyl halides is 3. The summed E-state index contributed by atoms with van der Waals surface area (Å²) < 4.78 is 68.3. The SMILES string of the molecule is C[C@@H](Nc1nn(C)c(=O)c2cc(=O)n([C@@]3(C(F)(F)F)CCOC3)cc12)c1cccc2c(F)coc12. The molecule has 12 heteroatoms. The van der Waals surface area contributed by atoms with E-state index in [4.69, 9.17) is 9.15 Å². The molecule has 1 aliphatic heterocycles. The van der Waals surface area contributed by atoms with E-state index >= 15 is 0 Å². The number of rotatable bonds is 4. The molecule has 4 heterocycles. The molecule has 35 heavy (non-hydrogen) atoms. The van der Waals surface area contributed by atoms with Crippen molar-refractivity contribution in [3.8, 4) is 0 Å². The molecule has 1 N–H and O–H groups in total. The molecule has 5 rings (SSSR count). The predicted octanol–water partition coefficient (Wildman–Crippen LogP) is 3.83. The van der Waals surface area contributed by atoms with Crippen molar-refractivity contribution in [2.75, 3.05) is 18.5 Å². The van der Waals surface area contributed by atoms with Crippen LogP contribution in [0.1, 0.15) is 24.9 Å². The quantitative estimate of drug-likeness (QED) is 0.436. The lowest BCUT2D eigenvalue weighted by molar-refractivity contribution is -0.214. The first-order valence-electron chi connectivity index (χ1n) is 10.7. The van der Waals surface area contributed by atoms with E-state index in [-0.39, 0.29) is 28.6 Å². The second kappa shape index (κ2) is 7.94. The van der Waals surface area contributed by atoms with Gasteiger partial charge in [-0.25, -0.2) is 9.07 Å².